The van der Waals surface area contributed by atoms with Crippen LogP contribution in [0.2, 0.25) is 0 Å². The molecular weight excluding hydrogens is 318 g/mol. The summed E-state index contributed by atoms with van der Waals surface area (Å²) in [6.07, 6.45) is 4.36. The van der Waals surface area contributed by atoms with E-state index in [1.54, 1.807) is 6.92 Å². The molecule has 6 nitrogen and oxygen atoms in total. The zero-order valence-corrected chi connectivity index (χ0v) is 14.9. The second kappa shape index (κ2) is 6.65. The maximum atomic E-state index is 12.6. The number of carbonyl (C=O) groups is 1. The number of aromatic nitrogens is 2. The van der Waals surface area contributed by atoms with E-state index in [4.69, 9.17) is 8.94 Å². The van der Waals surface area contributed by atoms with Crippen molar-refractivity contribution in [1.29, 1.82) is 0 Å². The van der Waals surface area contributed by atoms with Crippen LogP contribution in [0.1, 0.15) is 67.7 Å². The first-order chi connectivity index (χ1) is 12.1. The van der Waals surface area contributed by atoms with Crippen molar-refractivity contribution in [3.8, 4) is 0 Å². The number of carbonyl (C=O) groups excluding carboxylic acids is 1. The van der Waals surface area contributed by atoms with Gasteiger partial charge in [-0.05, 0) is 37.3 Å². The van der Waals surface area contributed by atoms with Crippen LogP contribution in [0, 0.1) is 12.8 Å². The van der Waals surface area contributed by atoms with Gasteiger partial charge in [-0.15, -0.1) is 0 Å². The molecule has 2 aromatic rings. The van der Waals surface area contributed by atoms with Gasteiger partial charge in [-0.2, -0.15) is 4.98 Å². The molecule has 2 fully saturated rings. The lowest BCUT2D eigenvalue weighted by Gasteiger charge is -2.31. The second-order valence-corrected chi connectivity index (χ2v) is 7.47. The lowest BCUT2D eigenvalue weighted by molar-refractivity contribution is -0.132. The molecule has 0 radical (unpaired) electrons. The van der Waals surface area contributed by atoms with Gasteiger partial charge in [0.2, 0.25) is 11.8 Å². The number of hydrogen-bond donors (Lipinski definition) is 0. The minimum Gasteiger partial charge on any atom is -0.466 e. The minimum atomic E-state index is 0.182. The average molecular weight is 343 g/mol. The van der Waals surface area contributed by atoms with E-state index in [-0.39, 0.29) is 11.8 Å². The van der Waals surface area contributed by atoms with Gasteiger partial charge < -0.3 is 13.8 Å². The average Bonchev–Trinajstić information content (AvgIpc) is 3.02. The Kier molecular flexibility index (Phi) is 4.36. The van der Waals surface area contributed by atoms with Crippen LogP contribution in [0.25, 0.3) is 0 Å². The van der Waals surface area contributed by atoms with Crippen LogP contribution >= 0.6 is 0 Å². The van der Waals surface area contributed by atoms with E-state index in [9.17, 15) is 4.79 Å². The first-order valence-electron chi connectivity index (χ1n) is 9.26. The largest absolute Gasteiger partial charge is 0.466 e. The van der Waals surface area contributed by atoms with E-state index < -0.39 is 0 Å². The highest BCUT2D eigenvalue weighted by atomic mass is 16.5. The van der Waals surface area contributed by atoms with E-state index in [0.717, 1.165) is 42.6 Å². The third kappa shape index (κ3) is 3.62. The van der Waals surface area contributed by atoms with Crippen molar-refractivity contribution in [3.05, 3.63) is 35.4 Å². The molecular formula is C19H25N3O3. The number of amides is 1. The fourth-order valence-electron chi connectivity index (χ4n) is 3.73. The maximum absolute atomic E-state index is 12.6. The lowest BCUT2D eigenvalue weighted by atomic mass is 9.97. The summed E-state index contributed by atoms with van der Waals surface area (Å²) in [5, 5.41) is 4.02. The molecule has 0 N–H and O–H groups in total. The fourth-order valence-corrected chi connectivity index (χ4v) is 3.73. The lowest BCUT2D eigenvalue weighted by Crippen LogP contribution is -2.39. The molecule has 4 rings (SSSR count). The molecule has 0 aromatic carbocycles. The van der Waals surface area contributed by atoms with Crippen LogP contribution in [-0.2, 0) is 11.2 Å². The summed E-state index contributed by atoms with van der Waals surface area (Å²) in [5.74, 6) is 5.00. The van der Waals surface area contributed by atoms with Gasteiger partial charge in [0.1, 0.15) is 11.5 Å². The van der Waals surface area contributed by atoms with Crippen LogP contribution in [-0.4, -0.2) is 34.0 Å². The van der Waals surface area contributed by atoms with Crippen molar-refractivity contribution < 1.29 is 13.7 Å². The van der Waals surface area contributed by atoms with Crippen molar-refractivity contribution >= 4 is 5.91 Å². The standard InChI is InChI=1S/C19H25N3O3/c1-12-10-16(12)17-7-5-15(24-17)6-8-18(23)22-9-3-4-14(11-22)19-20-13(2)25-21-19/h5,7,12,14,16H,3-4,6,8-11H2,1-2H3. The first kappa shape index (κ1) is 16.4. The number of furan rings is 1. The summed E-state index contributed by atoms with van der Waals surface area (Å²) in [4.78, 5) is 18.8. The normalized spacial score (nSPS) is 26.0. The molecule has 0 bridgehead atoms. The Morgan fingerprint density at radius 3 is 2.96 bits per heavy atom. The summed E-state index contributed by atoms with van der Waals surface area (Å²) in [6.45, 7) is 5.53. The predicted molar refractivity (Wildman–Crippen MR) is 91.1 cm³/mol. The highest BCUT2D eigenvalue weighted by molar-refractivity contribution is 5.76. The molecule has 3 atom stereocenters. The van der Waals surface area contributed by atoms with E-state index in [1.807, 2.05) is 11.0 Å². The molecule has 0 spiro atoms. The minimum absolute atomic E-state index is 0.182. The third-order valence-electron chi connectivity index (χ3n) is 5.43. The highest BCUT2D eigenvalue weighted by Crippen LogP contribution is 2.47. The molecule has 1 saturated carbocycles. The van der Waals surface area contributed by atoms with Crippen molar-refractivity contribution in [1.82, 2.24) is 15.0 Å². The van der Waals surface area contributed by atoms with E-state index in [0.29, 0.717) is 31.2 Å². The summed E-state index contributed by atoms with van der Waals surface area (Å²) in [7, 11) is 0. The third-order valence-corrected chi connectivity index (χ3v) is 5.43. The molecule has 134 valence electrons. The van der Waals surface area contributed by atoms with Gasteiger partial charge in [0.25, 0.3) is 0 Å². The van der Waals surface area contributed by atoms with Gasteiger partial charge in [0.05, 0.1) is 0 Å². The van der Waals surface area contributed by atoms with Gasteiger partial charge in [-0.3, -0.25) is 4.79 Å². The van der Waals surface area contributed by atoms with E-state index in [2.05, 4.69) is 23.1 Å². The highest BCUT2D eigenvalue weighted by Gasteiger charge is 2.36. The summed E-state index contributed by atoms with van der Waals surface area (Å²) in [5.41, 5.74) is 0. The van der Waals surface area contributed by atoms with Gasteiger partial charge in [0, 0.05) is 44.7 Å². The Balaban J connectivity index is 1.30. The topological polar surface area (TPSA) is 72.4 Å². The second-order valence-electron chi connectivity index (χ2n) is 7.47. The monoisotopic (exact) mass is 343 g/mol. The molecule has 1 amide bonds. The quantitative estimate of drug-likeness (QED) is 0.831. The summed E-state index contributed by atoms with van der Waals surface area (Å²) in [6, 6.07) is 4.10. The molecule has 1 aliphatic carbocycles. The Morgan fingerprint density at radius 2 is 2.24 bits per heavy atom. The number of aryl methyl sites for hydroxylation is 2. The molecule has 1 aliphatic heterocycles. The molecule has 2 aromatic heterocycles. The van der Waals surface area contributed by atoms with Crippen LogP contribution in [0.4, 0.5) is 0 Å². The van der Waals surface area contributed by atoms with Crippen LogP contribution in [0.15, 0.2) is 21.1 Å². The molecule has 6 heteroatoms. The van der Waals surface area contributed by atoms with Gasteiger partial charge >= 0.3 is 0 Å². The van der Waals surface area contributed by atoms with E-state index in [1.165, 1.54) is 6.42 Å². The summed E-state index contributed by atoms with van der Waals surface area (Å²) >= 11 is 0. The van der Waals surface area contributed by atoms with Crippen molar-refractivity contribution in [2.24, 2.45) is 5.92 Å². The van der Waals surface area contributed by atoms with Gasteiger partial charge in [-0.1, -0.05) is 12.1 Å². The maximum Gasteiger partial charge on any atom is 0.223 e. The van der Waals surface area contributed by atoms with Gasteiger partial charge in [0.15, 0.2) is 5.82 Å². The SMILES string of the molecule is Cc1nc(C2CCCN(C(=O)CCc3ccc(C4CC4C)o3)C2)no1. The number of piperidine rings is 1. The Labute approximate surface area is 147 Å². The zero-order valence-electron chi connectivity index (χ0n) is 14.9. The van der Waals surface area contributed by atoms with E-state index >= 15 is 0 Å². The molecule has 25 heavy (non-hydrogen) atoms. The Morgan fingerprint density at radius 1 is 1.40 bits per heavy atom. The van der Waals surface area contributed by atoms with Crippen molar-refractivity contribution in [3.63, 3.8) is 0 Å². The number of rotatable bonds is 5. The van der Waals surface area contributed by atoms with Crippen LogP contribution < -0.4 is 0 Å². The van der Waals surface area contributed by atoms with Crippen LogP contribution in [0.5, 0.6) is 0 Å². The predicted octanol–water partition coefficient (Wildman–Crippen LogP) is 3.43. The molecule has 3 heterocycles. The van der Waals surface area contributed by atoms with Gasteiger partial charge in [-0.25, -0.2) is 0 Å². The Bertz CT molecular complexity index is 751. The number of likely N-dealkylation sites (tertiary alicyclic amines) is 1. The Hall–Kier alpha value is -2.11. The summed E-state index contributed by atoms with van der Waals surface area (Å²) < 4.78 is 11.0. The van der Waals surface area contributed by atoms with Crippen LogP contribution in [0.3, 0.4) is 0 Å². The van der Waals surface area contributed by atoms with Crippen molar-refractivity contribution in [2.45, 2.75) is 57.8 Å². The number of nitrogens with zero attached hydrogens (tertiary/aromatic N) is 3. The molecule has 3 unspecified atom stereocenters. The smallest absolute Gasteiger partial charge is 0.223 e. The molecule has 2 aliphatic rings. The zero-order chi connectivity index (χ0) is 17.4. The van der Waals surface area contributed by atoms with Crippen molar-refractivity contribution in [2.75, 3.05) is 13.1 Å². The fraction of sp³-hybridized carbons (Fsp3) is 0.632. The first-order valence-corrected chi connectivity index (χ1v) is 9.26. The number of hydrogen-bond acceptors (Lipinski definition) is 5. The molecule has 1 saturated heterocycles.